The van der Waals surface area contributed by atoms with E-state index in [2.05, 4.69) is 11.9 Å². The highest BCUT2D eigenvalue weighted by atomic mass is 16.7. The number of pyridine rings is 1. The number of piperidine rings is 1. The van der Waals surface area contributed by atoms with Crippen LogP contribution in [0.4, 0.5) is 4.79 Å². The molecule has 0 spiro atoms. The molecule has 38 heavy (non-hydrogen) atoms. The first-order chi connectivity index (χ1) is 18.7. The molecule has 2 aliphatic rings. The van der Waals surface area contributed by atoms with Gasteiger partial charge in [0, 0.05) is 30.3 Å². The maximum absolute atomic E-state index is 12.6. The van der Waals surface area contributed by atoms with Gasteiger partial charge in [-0.15, -0.1) is 0 Å². The molecule has 0 aliphatic carbocycles. The number of carbonyl (C=O) groups is 1. The molecule has 2 aliphatic heterocycles. The van der Waals surface area contributed by atoms with E-state index < -0.39 is 0 Å². The molecule has 194 valence electrons. The maximum atomic E-state index is 12.6. The molecule has 6 rings (SSSR count). The van der Waals surface area contributed by atoms with Crippen molar-refractivity contribution in [2.45, 2.75) is 38.7 Å². The second-order valence-electron chi connectivity index (χ2n) is 9.58. The number of aryl methyl sites for hydroxylation is 1. The van der Waals surface area contributed by atoms with Crippen molar-refractivity contribution in [1.29, 1.82) is 0 Å². The smallest absolute Gasteiger partial charge is 0.410 e. The number of aromatic nitrogens is 3. The van der Waals surface area contributed by atoms with E-state index in [1.54, 1.807) is 4.90 Å². The number of benzene rings is 2. The van der Waals surface area contributed by atoms with Crippen LogP contribution in [0.3, 0.4) is 0 Å². The molecule has 1 fully saturated rings. The normalized spacial score (nSPS) is 15.0. The number of hydrogen-bond donors (Lipinski definition) is 1. The fourth-order valence-corrected chi connectivity index (χ4v) is 4.98. The Kier molecular flexibility index (Phi) is 6.69. The average Bonchev–Trinajstić information content (AvgIpc) is 3.64. The van der Waals surface area contributed by atoms with Crippen LogP contribution in [0.5, 0.6) is 11.5 Å². The lowest BCUT2D eigenvalue weighted by Crippen LogP contribution is -2.38. The van der Waals surface area contributed by atoms with Gasteiger partial charge < -0.3 is 24.1 Å². The minimum absolute atomic E-state index is 0.198. The summed E-state index contributed by atoms with van der Waals surface area (Å²) in [6, 6.07) is 21.7. The predicted molar refractivity (Wildman–Crippen MR) is 143 cm³/mol. The Balaban J connectivity index is 1.22. The molecule has 0 radical (unpaired) electrons. The van der Waals surface area contributed by atoms with E-state index in [1.807, 2.05) is 66.7 Å². The third-order valence-corrected chi connectivity index (χ3v) is 7.14. The zero-order valence-corrected chi connectivity index (χ0v) is 21.4. The molecule has 2 aromatic carbocycles. The number of nitrogens with zero attached hydrogens (tertiary/aromatic N) is 3. The van der Waals surface area contributed by atoms with Gasteiger partial charge in [-0.05, 0) is 55.2 Å². The Morgan fingerprint density at radius 2 is 1.82 bits per heavy atom. The van der Waals surface area contributed by atoms with Crippen LogP contribution in [0.1, 0.15) is 42.8 Å². The van der Waals surface area contributed by atoms with Crippen molar-refractivity contribution in [2.24, 2.45) is 0 Å². The van der Waals surface area contributed by atoms with Crippen LogP contribution in [0.25, 0.3) is 22.6 Å². The van der Waals surface area contributed by atoms with Crippen LogP contribution in [0.15, 0.2) is 66.7 Å². The molecule has 0 unspecified atom stereocenters. The first-order valence-electron chi connectivity index (χ1n) is 13.1. The van der Waals surface area contributed by atoms with Crippen molar-refractivity contribution in [3.05, 3.63) is 83.8 Å². The van der Waals surface area contributed by atoms with Gasteiger partial charge in [-0.25, -0.2) is 9.78 Å². The van der Waals surface area contributed by atoms with E-state index in [4.69, 9.17) is 24.2 Å². The highest BCUT2D eigenvalue weighted by Gasteiger charge is 2.28. The number of H-pyrrole nitrogens is 1. The number of carbonyl (C=O) groups excluding carboxylic acids is 1. The van der Waals surface area contributed by atoms with Gasteiger partial charge >= 0.3 is 6.09 Å². The predicted octanol–water partition coefficient (Wildman–Crippen LogP) is 5.95. The lowest BCUT2D eigenvalue weighted by atomic mass is 9.96. The summed E-state index contributed by atoms with van der Waals surface area (Å²) in [5.74, 6) is 2.57. The van der Waals surface area contributed by atoms with Crippen molar-refractivity contribution in [1.82, 2.24) is 19.9 Å². The topological polar surface area (TPSA) is 89.6 Å². The highest BCUT2D eigenvalue weighted by molar-refractivity contribution is 5.78. The Hall–Kier alpha value is -4.33. The number of likely N-dealkylation sites (tertiary alicyclic amines) is 1. The van der Waals surface area contributed by atoms with E-state index in [0.29, 0.717) is 13.1 Å². The van der Waals surface area contributed by atoms with Gasteiger partial charge in [-0.2, -0.15) is 0 Å². The fraction of sp³-hybridized carbons (Fsp3) is 0.300. The Bertz CT molecular complexity index is 1430. The molecule has 8 heteroatoms. The summed E-state index contributed by atoms with van der Waals surface area (Å²) in [5, 5.41) is 0. The number of imidazole rings is 1. The molecule has 8 nitrogen and oxygen atoms in total. The van der Waals surface area contributed by atoms with E-state index in [0.717, 1.165) is 70.5 Å². The zero-order valence-electron chi connectivity index (χ0n) is 21.4. The van der Waals surface area contributed by atoms with Crippen LogP contribution in [0.2, 0.25) is 0 Å². The molecule has 0 saturated carbocycles. The van der Waals surface area contributed by atoms with Crippen LogP contribution < -0.4 is 9.47 Å². The van der Waals surface area contributed by atoms with Gasteiger partial charge in [0.2, 0.25) is 6.79 Å². The maximum Gasteiger partial charge on any atom is 0.410 e. The van der Waals surface area contributed by atoms with Gasteiger partial charge in [0.15, 0.2) is 11.5 Å². The van der Waals surface area contributed by atoms with Crippen LogP contribution >= 0.6 is 0 Å². The number of ether oxygens (including phenoxy) is 3. The largest absolute Gasteiger partial charge is 0.454 e. The first-order valence-corrected chi connectivity index (χ1v) is 13.1. The lowest BCUT2D eigenvalue weighted by molar-refractivity contribution is 0.0866. The number of hydrogen-bond acceptors (Lipinski definition) is 6. The van der Waals surface area contributed by atoms with Crippen molar-refractivity contribution >= 4 is 6.09 Å². The van der Waals surface area contributed by atoms with Crippen molar-refractivity contribution in [2.75, 3.05) is 19.9 Å². The molecule has 2 aromatic heterocycles. The summed E-state index contributed by atoms with van der Waals surface area (Å²) in [7, 11) is 0. The van der Waals surface area contributed by atoms with Gasteiger partial charge in [-0.1, -0.05) is 43.3 Å². The summed E-state index contributed by atoms with van der Waals surface area (Å²) in [6.45, 7) is 3.85. The Labute approximate surface area is 221 Å². The van der Waals surface area contributed by atoms with Gasteiger partial charge in [0.05, 0.1) is 17.1 Å². The Morgan fingerprint density at radius 1 is 1.00 bits per heavy atom. The monoisotopic (exact) mass is 510 g/mol. The minimum Gasteiger partial charge on any atom is -0.454 e. The van der Waals surface area contributed by atoms with Gasteiger partial charge in [0.25, 0.3) is 0 Å². The van der Waals surface area contributed by atoms with E-state index in [-0.39, 0.29) is 25.4 Å². The third-order valence-electron chi connectivity index (χ3n) is 7.14. The summed E-state index contributed by atoms with van der Waals surface area (Å²) in [4.78, 5) is 28.0. The molecule has 0 atom stereocenters. The van der Waals surface area contributed by atoms with Crippen molar-refractivity contribution in [3.8, 4) is 34.1 Å². The number of rotatable bonds is 6. The van der Waals surface area contributed by atoms with Crippen LogP contribution in [-0.2, 0) is 17.8 Å². The molecule has 1 saturated heterocycles. The number of nitrogens with one attached hydrogen (secondary N) is 1. The van der Waals surface area contributed by atoms with Crippen LogP contribution in [-0.4, -0.2) is 45.8 Å². The summed E-state index contributed by atoms with van der Waals surface area (Å²) >= 11 is 0. The van der Waals surface area contributed by atoms with E-state index in [1.165, 1.54) is 0 Å². The molecule has 4 heterocycles. The molecular formula is C30H30N4O4. The summed E-state index contributed by atoms with van der Waals surface area (Å²) in [5.41, 5.74) is 5.53. The Morgan fingerprint density at radius 3 is 2.63 bits per heavy atom. The third kappa shape index (κ3) is 4.94. The van der Waals surface area contributed by atoms with E-state index in [9.17, 15) is 4.79 Å². The van der Waals surface area contributed by atoms with Crippen molar-refractivity contribution in [3.63, 3.8) is 0 Å². The molecule has 1 N–H and O–H groups in total. The molecule has 1 amide bonds. The zero-order chi connectivity index (χ0) is 25.9. The fourth-order valence-electron chi connectivity index (χ4n) is 4.98. The van der Waals surface area contributed by atoms with Crippen molar-refractivity contribution < 1.29 is 19.0 Å². The first kappa shape index (κ1) is 24.0. The number of amides is 1. The number of fused-ring (bicyclic) bond motifs is 1. The molecule has 0 bridgehead atoms. The molecular weight excluding hydrogens is 480 g/mol. The van der Waals surface area contributed by atoms with Gasteiger partial charge in [-0.3, -0.25) is 4.98 Å². The SMILES string of the molecule is CCc1cccc(-c2[nH]c(C3CCN(C(=O)OCc4ccccc4)CC3)nc2-c2ccc3c(c2)OCO3)n1. The highest BCUT2D eigenvalue weighted by Crippen LogP contribution is 2.39. The second kappa shape index (κ2) is 10.6. The molecule has 4 aromatic rings. The summed E-state index contributed by atoms with van der Waals surface area (Å²) in [6.07, 6.45) is 2.19. The lowest BCUT2D eigenvalue weighted by Gasteiger charge is -2.30. The summed E-state index contributed by atoms with van der Waals surface area (Å²) < 4.78 is 16.7. The number of aromatic amines is 1. The standard InChI is InChI=1S/C30H30N4O4/c1-2-23-9-6-10-24(31-23)28-27(22-11-12-25-26(17-22)38-19-37-25)32-29(33-28)21-13-15-34(16-14-21)30(35)36-18-20-7-4-3-5-8-20/h3-12,17,21H,2,13-16,18-19H2,1H3,(H,32,33). The van der Waals surface area contributed by atoms with Gasteiger partial charge in [0.1, 0.15) is 12.4 Å². The second-order valence-corrected chi connectivity index (χ2v) is 9.58. The van der Waals surface area contributed by atoms with E-state index >= 15 is 0 Å². The van der Waals surface area contributed by atoms with Crippen LogP contribution in [0, 0.1) is 0 Å². The quantitative estimate of drug-likeness (QED) is 0.345. The average molecular weight is 511 g/mol. The minimum atomic E-state index is -0.269.